The van der Waals surface area contributed by atoms with E-state index in [-0.39, 0.29) is 0 Å². The molecule has 0 aromatic rings. The lowest BCUT2D eigenvalue weighted by Gasteiger charge is -2.38. The molecule has 6 nitrogen and oxygen atoms in total. The number of aliphatic carboxylic acids is 1. The van der Waals surface area contributed by atoms with Gasteiger partial charge in [-0.3, -0.25) is 4.90 Å². The van der Waals surface area contributed by atoms with Crippen LogP contribution in [0.4, 0.5) is 4.79 Å². The third-order valence-corrected chi connectivity index (χ3v) is 3.74. The summed E-state index contributed by atoms with van der Waals surface area (Å²) in [5, 5.41) is 9.65. The number of hydrogen-bond donors (Lipinski definition) is 1. The van der Waals surface area contributed by atoms with E-state index >= 15 is 0 Å². The molecule has 0 bridgehead atoms. The molecule has 0 radical (unpaired) electrons. The lowest BCUT2D eigenvalue weighted by Crippen LogP contribution is -2.56. The van der Waals surface area contributed by atoms with Crippen LogP contribution in [0.2, 0.25) is 0 Å². The zero-order valence-corrected chi connectivity index (χ0v) is 13.1. The maximum atomic E-state index is 12.2. The largest absolute Gasteiger partial charge is 0.479 e. The minimum Gasteiger partial charge on any atom is -0.479 e. The van der Waals surface area contributed by atoms with Crippen molar-refractivity contribution >= 4 is 12.1 Å². The number of ether oxygens (including phenoxy) is 1. The number of amides is 1. The van der Waals surface area contributed by atoms with E-state index in [2.05, 4.69) is 4.90 Å². The SMILES string of the molecule is CN1CCCC(C(=O)O)(N(C)C(=O)OC(C)(C)C)CC1. The first-order valence-corrected chi connectivity index (χ1v) is 6.97. The third kappa shape index (κ3) is 3.85. The highest BCUT2D eigenvalue weighted by molar-refractivity contribution is 5.84. The van der Waals surface area contributed by atoms with E-state index < -0.39 is 23.2 Å². The number of likely N-dealkylation sites (N-methyl/N-ethyl adjacent to an activating group) is 1. The van der Waals surface area contributed by atoms with Gasteiger partial charge in [-0.1, -0.05) is 0 Å². The molecule has 116 valence electrons. The molecule has 0 saturated carbocycles. The van der Waals surface area contributed by atoms with Crippen molar-refractivity contribution in [2.45, 2.75) is 51.2 Å². The zero-order chi connectivity index (χ0) is 15.6. The Balaban J connectivity index is 2.95. The molecule has 0 aliphatic carbocycles. The van der Waals surface area contributed by atoms with Gasteiger partial charge in [0.25, 0.3) is 0 Å². The number of hydrogen-bond acceptors (Lipinski definition) is 4. The third-order valence-electron chi connectivity index (χ3n) is 3.74. The lowest BCUT2D eigenvalue weighted by molar-refractivity contribution is -0.151. The molecule has 1 saturated heterocycles. The second kappa shape index (κ2) is 5.99. The molecule has 1 fully saturated rings. The average Bonchev–Trinajstić information content (AvgIpc) is 2.49. The number of likely N-dealkylation sites (tertiary alicyclic amines) is 1. The van der Waals surface area contributed by atoms with Gasteiger partial charge in [0.1, 0.15) is 11.1 Å². The van der Waals surface area contributed by atoms with Crippen LogP contribution in [0.1, 0.15) is 40.0 Å². The Bertz CT molecular complexity index is 378. The first kappa shape index (κ1) is 16.8. The Kier molecular flexibility index (Phi) is 5.02. The van der Waals surface area contributed by atoms with Gasteiger partial charge in [0.05, 0.1) is 0 Å². The number of rotatable bonds is 2. The summed E-state index contributed by atoms with van der Waals surface area (Å²) in [6, 6.07) is 0. The van der Waals surface area contributed by atoms with Crippen LogP contribution in [-0.2, 0) is 9.53 Å². The Morgan fingerprint density at radius 2 is 1.85 bits per heavy atom. The Morgan fingerprint density at radius 1 is 1.25 bits per heavy atom. The van der Waals surface area contributed by atoms with Crippen molar-refractivity contribution in [1.82, 2.24) is 9.80 Å². The van der Waals surface area contributed by atoms with Crippen molar-refractivity contribution in [3.8, 4) is 0 Å². The fraction of sp³-hybridized carbons (Fsp3) is 0.857. The second-order valence-electron chi connectivity index (χ2n) is 6.53. The van der Waals surface area contributed by atoms with E-state index in [1.165, 1.54) is 11.9 Å². The van der Waals surface area contributed by atoms with Crippen molar-refractivity contribution < 1.29 is 19.4 Å². The van der Waals surface area contributed by atoms with Gasteiger partial charge < -0.3 is 14.7 Å². The molecule has 1 atom stereocenters. The van der Waals surface area contributed by atoms with Crippen LogP contribution in [0.5, 0.6) is 0 Å². The summed E-state index contributed by atoms with van der Waals surface area (Å²) in [5.41, 5.74) is -1.81. The first-order valence-electron chi connectivity index (χ1n) is 6.97. The van der Waals surface area contributed by atoms with Crippen LogP contribution in [0.25, 0.3) is 0 Å². The molecule has 0 aromatic heterocycles. The van der Waals surface area contributed by atoms with Gasteiger partial charge in [0.2, 0.25) is 0 Å². The zero-order valence-electron chi connectivity index (χ0n) is 13.1. The normalized spacial score (nSPS) is 24.9. The van der Waals surface area contributed by atoms with Crippen molar-refractivity contribution in [3.05, 3.63) is 0 Å². The fourth-order valence-electron chi connectivity index (χ4n) is 2.45. The molecule has 0 spiro atoms. The average molecular weight is 286 g/mol. The molecule has 0 aromatic carbocycles. The second-order valence-corrected chi connectivity index (χ2v) is 6.53. The Labute approximate surface area is 120 Å². The van der Waals surface area contributed by atoms with Gasteiger partial charge in [0, 0.05) is 13.6 Å². The first-order chi connectivity index (χ1) is 9.08. The topological polar surface area (TPSA) is 70.1 Å². The predicted molar refractivity (Wildman–Crippen MR) is 75.7 cm³/mol. The van der Waals surface area contributed by atoms with Crippen molar-refractivity contribution in [2.24, 2.45) is 0 Å². The monoisotopic (exact) mass is 286 g/mol. The van der Waals surface area contributed by atoms with E-state index in [0.717, 1.165) is 13.0 Å². The van der Waals surface area contributed by atoms with Gasteiger partial charge in [0.15, 0.2) is 0 Å². The van der Waals surface area contributed by atoms with Gasteiger partial charge in [-0.2, -0.15) is 0 Å². The molecule has 1 heterocycles. The summed E-state index contributed by atoms with van der Waals surface area (Å²) in [6.07, 6.45) is 1.02. The molecule has 6 heteroatoms. The highest BCUT2D eigenvalue weighted by Gasteiger charge is 2.46. The highest BCUT2D eigenvalue weighted by Crippen LogP contribution is 2.29. The summed E-state index contributed by atoms with van der Waals surface area (Å²) < 4.78 is 5.31. The Morgan fingerprint density at radius 3 is 2.35 bits per heavy atom. The van der Waals surface area contributed by atoms with Crippen molar-refractivity contribution in [2.75, 3.05) is 27.2 Å². The number of nitrogens with zero attached hydrogens (tertiary/aromatic N) is 2. The van der Waals surface area contributed by atoms with Crippen LogP contribution in [-0.4, -0.2) is 65.3 Å². The summed E-state index contributed by atoms with van der Waals surface area (Å²) in [7, 11) is 3.49. The fourth-order valence-corrected chi connectivity index (χ4v) is 2.45. The number of carboxylic acid groups (broad SMARTS) is 1. The molecule has 20 heavy (non-hydrogen) atoms. The van der Waals surface area contributed by atoms with Gasteiger partial charge in [-0.15, -0.1) is 0 Å². The van der Waals surface area contributed by atoms with E-state index in [0.29, 0.717) is 19.4 Å². The molecular weight excluding hydrogens is 260 g/mol. The predicted octanol–water partition coefficient (Wildman–Crippen LogP) is 1.79. The van der Waals surface area contributed by atoms with Crippen molar-refractivity contribution in [1.29, 1.82) is 0 Å². The molecule has 1 aliphatic rings. The minimum atomic E-state index is -1.17. The summed E-state index contributed by atoms with van der Waals surface area (Å²) in [5.74, 6) is -0.957. The molecule has 1 unspecified atom stereocenters. The summed E-state index contributed by atoms with van der Waals surface area (Å²) in [4.78, 5) is 27.3. The maximum Gasteiger partial charge on any atom is 0.410 e. The maximum absolute atomic E-state index is 12.2. The van der Waals surface area contributed by atoms with Gasteiger partial charge in [-0.05, 0) is 53.6 Å². The van der Waals surface area contributed by atoms with E-state index in [1.54, 1.807) is 20.8 Å². The lowest BCUT2D eigenvalue weighted by atomic mass is 9.89. The van der Waals surface area contributed by atoms with Gasteiger partial charge >= 0.3 is 12.1 Å². The van der Waals surface area contributed by atoms with Crippen LogP contribution >= 0.6 is 0 Å². The van der Waals surface area contributed by atoms with Crippen LogP contribution < -0.4 is 0 Å². The smallest absolute Gasteiger partial charge is 0.410 e. The molecular formula is C14H26N2O4. The van der Waals surface area contributed by atoms with Crippen LogP contribution in [0.15, 0.2) is 0 Å². The summed E-state index contributed by atoms with van der Waals surface area (Å²) in [6.45, 7) is 6.81. The van der Waals surface area contributed by atoms with Gasteiger partial charge in [-0.25, -0.2) is 9.59 Å². The van der Waals surface area contributed by atoms with Crippen LogP contribution in [0.3, 0.4) is 0 Å². The number of carbonyl (C=O) groups is 2. The minimum absolute atomic E-state index is 0.411. The Hall–Kier alpha value is -1.30. The van der Waals surface area contributed by atoms with Crippen molar-refractivity contribution in [3.63, 3.8) is 0 Å². The summed E-state index contributed by atoms with van der Waals surface area (Å²) >= 11 is 0. The van der Waals surface area contributed by atoms with Crippen LogP contribution in [0, 0.1) is 0 Å². The number of carbonyl (C=O) groups excluding carboxylic acids is 1. The van der Waals surface area contributed by atoms with E-state index in [9.17, 15) is 14.7 Å². The van der Waals surface area contributed by atoms with E-state index in [4.69, 9.17) is 4.74 Å². The highest BCUT2D eigenvalue weighted by atomic mass is 16.6. The molecule has 1 N–H and O–H groups in total. The number of carboxylic acids is 1. The van der Waals surface area contributed by atoms with E-state index in [1.807, 2.05) is 7.05 Å². The quantitative estimate of drug-likeness (QED) is 0.838. The molecule has 1 aliphatic heterocycles. The molecule has 1 amide bonds. The standard InChI is InChI=1S/C14H26N2O4/c1-13(2,3)20-12(19)16(5)14(11(17)18)7-6-9-15(4)10-8-14/h6-10H2,1-5H3,(H,17,18). The molecule has 1 rings (SSSR count).